The fourth-order valence-corrected chi connectivity index (χ4v) is 5.86. The quantitative estimate of drug-likeness (QED) is 0.207. The number of aromatic nitrogens is 1. The van der Waals surface area contributed by atoms with E-state index in [1.165, 1.54) is 0 Å². The molecule has 3 atom stereocenters. The Morgan fingerprint density at radius 2 is 1.71 bits per heavy atom. The van der Waals surface area contributed by atoms with E-state index < -0.39 is 12.3 Å². The largest absolute Gasteiger partial charge is 0.478 e. The van der Waals surface area contributed by atoms with E-state index in [1.807, 2.05) is 12.1 Å². The topological polar surface area (TPSA) is 92.8 Å². The van der Waals surface area contributed by atoms with Gasteiger partial charge in [0.15, 0.2) is 0 Å². The van der Waals surface area contributed by atoms with Gasteiger partial charge in [-0.15, -0.1) is 0 Å². The van der Waals surface area contributed by atoms with Crippen LogP contribution in [0.25, 0.3) is 11.3 Å². The zero-order valence-electron chi connectivity index (χ0n) is 19.9. The third-order valence-electron chi connectivity index (χ3n) is 7.12. The maximum atomic E-state index is 11.3. The highest BCUT2D eigenvalue weighted by Crippen LogP contribution is 2.56. The molecule has 194 valence electrons. The van der Waals surface area contributed by atoms with E-state index in [2.05, 4.69) is 5.16 Å². The highest BCUT2D eigenvalue weighted by atomic mass is 35.5. The molecule has 3 unspecified atom stereocenters. The summed E-state index contributed by atoms with van der Waals surface area (Å²) in [5, 5.41) is 26.0. The first-order valence-corrected chi connectivity index (χ1v) is 13.4. The van der Waals surface area contributed by atoms with Gasteiger partial charge >= 0.3 is 5.97 Å². The van der Waals surface area contributed by atoms with Crippen LogP contribution in [0, 0.1) is 0 Å². The lowest BCUT2D eigenvalue weighted by molar-refractivity contribution is -0.0203. The standard InChI is InChI=1S/C29H22Cl3NO5/c30-21-5-2-6-22(31)24(21)26-25(27(38-33-26)14-7-8-14)29(36)37-17-9-10-18(23(32)12-17)20-13-19(20)15-3-1-4-16(11-15)28(34)35/h1-6,9-12,14,19-20,29,36H,7-8,13H2,(H,34,35). The first-order valence-electron chi connectivity index (χ1n) is 12.2. The van der Waals surface area contributed by atoms with Crippen LogP contribution in [0.3, 0.4) is 0 Å². The molecular formula is C29H22Cl3NO5. The predicted octanol–water partition coefficient (Wildman–Crippen LogP) is 8.22. The normalized spacial score (nSPS) is 19.3. The summed E-state index contributed by atoms with van der Waals surface area (Å²) < 4.78 is 11.6. The summed E-state index contributed by atoms with van der Waals surface area (Å²) in [4.78, 5) is 11.3. The molecule has 2 fully saturated rings. The van der Waals surface area contributed by atoms with E-state index >= 15 is 0 Å². The SMILES string of the molecule is O=C(O)c1cccc(C2CC2c2ccc(OC(O)c3c(-c4c(Cl)cccc4Cl)noc3C3CC3)cc2Cl)c1. The van der Waals surface area contributed by atoms with E-state index in [-0.39, 0.29) is 23.3 Å². The Labute approximate surface area is 233 Å². The summed E-state index contributed by atoms with van der Waals surface area (Å²) in [5.74, 6) is 0.540. The second-order valence-corrected chi connectivity index (χ2v) is 10.9. The van der Waals surface area contributed by atoms with Crippen molar-refractivity contribution in [3.05, 3.63) is 104 Å². The molecule has 0 bridgehead atoms. The Morgan fingerprint density at radius 1 is 0.974 bits per heavy atom. The number of carboxylic acid groups (broad SMARTS) is 1. The third-order valence-corrected chi connectivity index (χ3v) is 8.08. The molecule has 6 nitrogen and oxygen atoms in total. The monoisotopic (exact) mass is 569 g/mol. The number of nitrogens with zero attached hydrogens (tertiary/aromatic N) is 1. The molecule has 3 aromatic carbocycles. The van der Waals surface area contributed by atoms with Crippen molar-refractivity contribution in [1.82, 2.24) is 5.16 Å². The van der Waals surface area contributed by atoms with Crippen LogP contribution in [-0.4, -0.2) is 21.3 Å². The summed E-state index contributed by atoms with van der Waals surface area (Å²) in [6.07, 6.45) is 1.36. The first-order chi connectivity index (χ1) is 18.3. The number of hydrogen-bond acceptors (Lipinski definition) is 5. The molecule has 38 heavy (non-hydrogen) atoms. The van der Waals surface area contributed by atoms with Crippen LogP contribution >= 0.6 is 34.8 Å². The molecule has 0 radical (unpaired) electrons. The Morgan fingerprint density at radius 3 is 2.39 bits per heavy atom. The molecule has 0 aliphatic heterocycles. The van der Waals surface area contributed by atoms with E-state index in [4.69, 9.17) is 44.1 Å². The van der Waals surface area contributed by atoms with Crippen LogP contribution in [0.1, 0.15) is 76.1 Å². The molecule has 0 saturated heterocycles. The fourth-order valence-electron chi connectivity index (χ4n) is 4.97. The van der Waals surface area contributed by atoms with Crippen LogP contribution in [0.15, 0.2) is 65.2 Å². The highest BCUT2D eigenvalue weighted by Gasteiger charge is 2.41. The van der Waals surface area contributed by atoms with Crippen molar-refractivity contribution in [2.45, 2.75) is 43.3 Å². The van der Waals surface area contributed by atoms with Crippen LogP contribution in [0.5, 0.6) is 5.75 Å². The van der Waals surface area contributed by atoms with Gasteiger partial charge < -0.3 is 19.5 Å². The lowest BCUT2D eigenvalue weighted by Gasteiger charge is -2.16. The lowest BCUT2D eigenvalue weighted by atomic mass is 10.0. The average Bonchev–Trinajstić information content (AvgIpc) is 3.82. The van der Waals surface area contributed by atoms with Crippen molar-refractivity contribution >= 4 is 40.8 Å². The number of hydrogen-bond donors (Lipinski definition) is 2. The highest BCUT2D eigenvalue weighted by molar-refractivity contribution is 6.39. The van der Waals surface area contributed by atoms with Crippen LogP contribution in [-0.2, 0) is 0 Å². The number of aromatic carboxylic acids is 1. The summed E-state index contributed by atoms with van der Waals surface area (Å²) in [5.41, 5.74) is 3.43. The van der Waals surface area contributed by atoms with E-state index in [1.54, 1.807) is 48.5 Å². The van der Waals surface area contributed by atoms with Gasteiger partial charge in [0.2, 0.25) is 6.29 Å². The molecule has 6 rings (SSSR count). The average molecular weight is 571 g/mol. The third kappa shape index (κ3) is 4.78. The number of halogens is 3. The Balaban J connectivity index is 1.24. The minimum Gasteiger partial charge on any atom is -0.478 e. The zero-order valence-corrected chi connectivity index (χ0v) is 22.2. The second-order valence-electron chi connectivity index (χ2n) is 9.71. The summed E-state index contributed by atoms with van der Waals surface area (Å²) in [7, 11) is 0. The zero-order chi connectivity index (χ0) is 26.6. The molecule has 1 aromatic heterocycles. The lowest BCUT2D eigenvalue weighted by Crippen LogP contribution is -2.09. The number of carbonyl (C=O) groups is 1. The van der Waals surface area contributed by atoms with Crippen LogP contribution in [0.4, 0.5) is 0 Å². The Bertz CT molecular complexity index is 1530. The Hall–Kier alpha value is -3.03. The molecule has 4 aromatic rings. The van der Waals surface area contributed by atoms with E-state index in [9.17, 15) is 15.0 Å². The number of rotatable bonds is 8. The minimum absolute atomic E-state index is 0.156. The van der Waals surface area contributed by atoms with Crippen molar-refractivity contribution in [3.8, 4) is 17.0 Å². The molecule has 0 amide bonds. The summed E-state index contributed by atoms with van der Waals surface area (Å²) >= 11 is 19.5. The van der Waals surface area contributed by atoms with Gasteiger partial charge in [-0.25, -0.2) is 4.79 Å². The summed E-state index contributed by atoms with van der Waals surface area (Å²) in [6, 6.07) is 17.5. The van der Waals surface area contributed by atoms with Crippen molar-refractivity contribution in [2.75, 3.05) is 0 Å². The number of aliphatic hydroxyl groups excluding tert-OH is 1. The number of benzene rings is 3. The van der Waals surface area contributed by atoms with Crippen molar-refractivity contribution in [3.63, 3.8) is 0 Å². The van der Waals surface area contributed by atoms with Gasteiger partial charge in [0.25, 0.3) is 0 Å². The van der Waals surface area contributed by atoms with Gasteiger partial charge in [-0.2, -0.15) is 0 Å². The van der Waals surface area contributed by atoms with Gasteiger partial charge in [0.1, 0.15) is 17.2 Å². The van der Waals surface area contributed by atoms with Crippen molar-refractivity contribution < 1.29 is 24.3 Å². The Kier molecular flexibility index (Phi) is 6.60. The molecular weight excluding hydrogens is 549 g/mol. The maximum Gasteiger partial charge on any atom is 0.335 e. The van der Waals surface area contributed by atoms with Gasteiger partial charge in [-0.1, -0.05) is 64.2 Å². The van der Waals surface area contributed by atoms with Crippen molar-refractivity contribution in [2.24, 2.45) is 0 Å². The molecule has 2 aliphatic carbocycles. The van der Waals surface area contributed by atoms with Crippen molar-refractivity contribution in [1.29, 1.82) is 0 Å². The van der Waals surface area contributed by atoms with Gasteiger partial charge in [-0.05, 0) is 78.6 Å². The first kappa shape index (κ1) is 25.3. The molecule has 1 heterocycles. The van der Waals surface area contributed by atoms with Crippen LogP contribution < -0.4 is 4.74 Å². The second kappa shape index (κ2) is 9.93. The van der Waals surface area contributed by atoms with Gasteiger partial charge in [0.05, 0.1) is 21.2 Å². The maximum absolute atomic E-state index is 11.3. The minimum atomic E-state index is -1.38. The van der Waals surface area contributed by atoms with Gasteiger partial charge in [-0.3, -0.25) is 0 Å². The smallest absolute Gasteiger partial charge is 0.335 e. The van der Waals surface area contributed by atoms with Crippen LogP contribution in [0.2, 0.25) is 15.1 Å². The van der Waals surface area contributed by atoms with E-state index in [0.29, 0.717) is 43.4 Å². The van der Waals surface area contributed by atoms with Gasteiger partial charge in [0, 0.05) is 16.5 Å². The number of ether oxygens (including phenoxy) is 1. The fraction of sp³-hybridized carbons (Fsp3) is 0.241. The molecule has 2 N–H and O–H groups in total. The number of aliphatic hydroxyl groups is 1. The molecule has 2 saturated carbocycles. The molecule has 9 heteroatoms. The summed E-state index contributed by atoms with van der Waals surface area (Å²) in [6.45, 7) is 0. The predicted molar refractivity (Wildman–Crippen MR) is 144 cm³/mol. The molecule has 0 spiro atoms. The molecule has 2 aliphatic rings. The van der Waals surface area contributed by atoms with E-state index in [0.717, 1.165) is 30.4 Å². The number of carboxylic acids is 1.